The molecule has 0 radical (unpaired) electrons. The molecule has 0 saturated heterocycles. The summed E-state index contributed by atoms with van der Waals surface area (Å²) in [5.41, 5.74) is 1.10. The quantitative estimate of drug-likeness (QED) is 0.779. The molecule has 0 aliphatic rings. The van der Waals surface area contributed by atoms with Crippen LogP contribution in [0.5, 0.6) is 0 Å². The lowest BCUT2D eigenvalue weighted by Crippen LogP contribution is -2.18. The van der Waals surface area contributed by atoms with E-state index in [1.54, 1.807) is 0 Å². The number of rotatable bonds is 7. The first-order valence-corrected chi connectivity index (χ1v) is 6.68. The number of benzene rings is 1. The Labute approximate surface area is 111 Å². The second-order valence-corrected chi connectivity index (χ2v) is 5.28. The summed E-state index contributed by atoms with van der Waals surface area (Å²) in [4.78, 5) is 2.19. The highest BCUT2D eigenvalue weighted by molar-refractivity contribution is 9.10. The largest absolute Gasteiger partial charge is 0.313 e. The lowest BCUT2D eigenvalue weighted by Gasteiger charge is -2.10. The van der Waals surface area contributed by atoms with E-state index >= 15 is 0 Å². The molecule has 1 aromatic rings. The van der Waals surface area contributed by atoms with Gasteiger partial charge in [-0.05, 0) is 57.7 Å². The molecule has 0 fully saturated rings. The van der Waals surface area contributed by atoms with E-state index in [-0.39, 0.29) is 5.82 Å². The summed E-state index contributed by atoms with van der Waals surface area (Å²) in [6.07, 6.45) is 2.36. The molecule has 2 nitrogen and oxygen atoms in total. The Bertz CT molecular complexity index is 342. The molecule has 1 aromatic carbocycles. The lowest BCUT2D eigenvalue weighted by atomic mass is 10.2. The van der Waals surface area contributed by atoms with Crippen LogP contribution < -0.4 is 5.32 Å². The van der Waals surface area contributed by atoms with Gasteiger partial charge in [-0.25, -0.2) is 4.39 Å². The second-order valence-electron chi connectivity index (χ2n) is 4.42. The maximum absolute atomic E-state index is 12.9. The molecule has 1 N–H and O–H groups in total. The van der Waals surface area contributed by atoms with Crippen molar-refractivity contribution in [3.05, 3.63) is 34.1 Å². The zero-order valence-corrected chi connectivity index (χ0v) is 12.1. The molecular formula is C13H20BrFN2. The Morgan fingerprint density at radius 3 is 2.71 bits per heavy atom. The molecule has 0 atom stereocenters. The van der Waals surface area contributed by atoms with Crippen molar-refractivity contribution >= 4 is 15.9 Å². The van der Waals surface area contributed by atoms with E-state index in [1.165, 1.54) is 18.6 Å². The minimum absolute atomic E-state index is 0.202. The first kappa shape index (κ1) is 14.6. The molecule has 0 amide bonds. The minimum atomic E-state index is -0.202. The van der Waals surface area contributed by atoms with Gasteiger partial charge in [0.15, 0.2) is 0 Å². The lowest BCUT2D eigenvalue weighted by molar-refractivity contribution is 0.391. The topological polar surface area (TPSA) is 15.3 Å². The van der Waals surface area contributed by atoms with Crippen LogP contribution in [0.2, 0.25) is 0 Å². The van der Waals surface area contributed by atoms with E-state index in [4.69, 9.17) is 0 Å². The molecule has 1 rings (SSSR count). The SMILES string of the molecule is CN(C)CCCCNCc1ccc(F)cc1Br. The highest BCUT2D eigenvalue weighted by Crippen LogP contribution is 2.17. The summed E-state index contributed by atoms with van der Waals surface area (Å²) in [5.74, 6) is -0.202. The van der Waals surface area contributed by atoms with Crippen molar-refractivity contribution in [3.8, 4) is 0 Å². The fourth-order valence-corrected chi connectivity index (χ4v) is 2.06. The molecular weight excluding hydrogens is 283 g/mol. The Morgan fingerprint density at radius 2 is 2.06 bits per heavy atom. The van der Waals surface area contributed by atoms with Gasteiger partial charge >= 0.3 is 0 Å². The zero-order chi connectivity index (χ0) is 12.7. The molecule has 96 valence electrons. The Kier molecular flexibility index (Phi) is 6.70. The van der Waals surface area contributed by atoms with Crippen LogP contribution in [0, 0.1) is 5.82 Å². The van der Waals surface area contributed by atoms with Crippen molar-refractivity contribution in [1.82, 2.24) is 10.2 Å². The van der Waals surface area contributed by atoms with Crippen molar-refractivity contribution in [3.63, 3.8) is 0 Å². The molecule has 4 heteroatoms. The highest BCUT2D eigenvalue weighted by atomic mass is 79.9. The third-order valence-electron chi connectivity index (χ3n) is 2.54. The molecule has 0 heterocycles. The minimum Gasteiger partial charge on any atom is -0.313 e. The number of hydrogen-bond acceptors (Lipinski definition) is 2. The van der Waals surface area contributed by atoms with Gasteiger partial charge in [-0.2, -0.15) is 0 Å². The fraction of sp³-hybridized carbons (Fsp3) is 0.538. The van der Waals surface area contributed by atoms with Crippen molar-refractivity contribution in [2.24, 2.45) is 0 Å². The summed E-state index contributed by atoms with van der Waals surface area (Å²) >= 11 is 3.36. The highest BCUT2D eigenvalue weighted by Gasteiger charge is 2.00. The average Bonchev–Trinajstić information content (AvgIpc) is 2.25. The average molecular weight is 303 g/mol. The monoisotopic (exact) mass is 302 g/mol. The van der Waals surface area contributed by atoms with Crippen LogP contribution in [-0.4, -0.2) is 32.1 Å². The number of nitrogens with one attached hydrogen (secondary N) is 1. The molecule has 0 aliphatic carbocycles. The molecule has 0 aliphatic heterocycles. The van der Waals surface area contributed by atoms with Crippen LogP contribution in [-0.2, 0) is 6.54 Å². The molecule has 17 heavy (non-hydrogen) atoms. The summed E-state index contributed by atoms with van der Waals surface area (Å²) in [6, 6.07) is 4.81. The van der Waals surface area contributed by atoms with Crippen molar-refractivity contribution < 1.29 is 4.39 Å². The van der Waals surface area contributed by atoms with Gasteiger partial charge in [0.05, 0.1) is 0 Å². The van der Waals surface area contributed by atoms with E-state index in [0.29, 0.717) is 0 Å². The summed E-state index contributed by atoms with van der Waals surface area (Å²) in [7, 11) is 4.17. The molecule has 0 bridgehead atoms. The van der Waals surface area contributed by atoms with Crippen LogP contribution in [0.1, 0.15) is 18.4 Å². The van der Waals surface area contributed by atoms with E-state index in [2.05, 4.69) is 40.2 Å². The number of hydrogen-bond donors (Lipinski definition) is 1. The van der Waals surface area contributed by atoms with Gasteiger partial charge in [0.2, 0.25) is 0 Å². The Balaban J connectivity index is 2.18. The van der Waals surface area contributed by atoms with Crippen molar-refractivity contribution in [2.75, 3.05) is 27.2 Å². The van der Waals surface area contributed by atoms with E-state index in [9.17, 15) is 4.39 Å². The zero-order valence-electron chi connectivity index (χ0n) is 10.5. The summed E-state index contributed by atoms with van der Waals surface area (Å²) in [5, 5.41) is 3.36. The summed E-state index contributed by atoms with van der Waals surface area (Å²) in [6.45, 7) is 2.91. The normalized spacial score (nSPS) is 11.1. The molecule has 0 saturated carbocycles. The van der Waals surface area contributed by atoms with Crippen LogP contribution in [0.3, 0.4) is 0 Å². The van der Waals surface area contributed by atoms with Crippen molar-refractivity contribution in [2.45, 2.75) is 19.4 Å². The Morgan fingerprint density at radius 1 is 1.29 bits per heavy atom. The predicted molar refractivity (Wildman–Crippen MR) is 73.6 cm³/mol. The van der Waals surface area contributed by atoms with Crippen LogP contribution in [0.4, 0.5) is 4.39 Å². The maximum Gasteiger partial charge on any atom is 0.124 e. The number of unbranched alkanes of at least 4 members (excludes halogenated alkanes) is 1. The predicted octanol–water partition coefficient (Wildman–Crippen LogP) is 3.02. The molecule has 0 aromatic heterocycles. The smallest absolute Gasteiger partial charge is 0.124 e. The van der Waals surface area contributed by atoms with Gasteiger partial charge in [0.25, 0.3) is 0 Å². The van der Waals surface area contributed by atoms with Gasteiger partial charge in [-0.3, -0.25) is 0 Å². The summed E-state index contributed by atoms with van der Waals surface area (Å²) < 4.78 is 13.7. The number of nitrogens with zero attached hydrogens (tertiary/aromatic N) is 1. The third-order valence-corrected chi connectivity index (χ3v) is 3.28. The van der Waals surface area contributed by atoms with Gasteiger partial charge in [-0.15, -0.1) is 0 Å². The maximum atomic E-state index is 12.9. The number of halogens is 2. The molecule has 0 unspecified atom stereocenters. The van der Waals surface area contributed by atoms with Gasteiger partial charge in [0, 0.05) is 11.0 Å². The standard InChI is InChI=1S/C13H20BrFN2/c1-17(2)8-4-3-7-16-10-11-5-6-12(15)9-13(11)14/h5-6,9,16H,3-4,7-8,10H2,1-2H3. The van der Waals surface area contributed by atoms with Crippen LogP contribution >= 0.6 is 15.9 Å². The molecule has 0 spiro atoms. The fourth-order valence-electron chi connectivity index (χ4n) is 1.57. The van der Waals surface area contributed by atoms with E-state index in [1.807, 2.05) is 6.07 Å². The van der Waals surface area contributed by atoms with E-state index in [0.717, 1.165) is 36.1 Å². The van der Waals surface area contributed by atoms with Gasteiger partial charge in [0.1, 0.15) is 5.82 Å². The van der Waals surface area contributed by atoms with Gasteiger partial charge < -0.3 is 10.2 Å². The van der Waals surface area contributed by atoms with Crippen LogP contribution in [0.25, 0.3) is 0 Å². The first-order valence-electron chi connectivity index (χ1n) is 5.89. The second kappa shape index (κ2) is 7.80. The first-order chi connectivity index (χ1) is 8.09. The van der Waals surface area contributed by atoms with Gasteiger partial charge in [-0.1, -0.05) is 22.0 Å². The van der Waals surface area contributed by atoms with E-state index < -0.39 is 0 Å². The van der Waals surface area contributed by atoms with Crippen LogP contribution in [0.15, 0.2) is 22.7 Å². The Hall–Kier alpha value is -0.450. The van der Waals surface area contributed by atoms with Crippen molar-refractivity contribution in [1.29, 1.82) is 0 Å². The third kappa shape index (κ3) is 6.15.